The van der Waals surface area contributed by atoms with E-state index in [0.717, 1.165) is 11.1 Å². The zero-order valence-electron chi connectivity index (χ0n) is 13.4. The van der Waals surface area contributed by atoms with Crippen LogP contribution in [0.4, 0.5) is 10.5 Å². The summed E-state index contributed by atoms with van der Waals surface area (Å²) in [5.41, 5.74) is 2.78. The maximum Gasteiger partial charge on any atom is 0.411 e. The maximum absolute atomic E-state index is 11.9. The molecule has 2 aromatic carbocycles. The largest absolute Gasteiger partial charge is 0.478 e. The van der Waals surface area contributed by atoms with Crippen molar-refractivity contribution in [2.45, 2.75) is 13.3 Å². The number of amides is 1. The molecule has 0 aliphatic carbocycles. The number of hydrogen-bond acceptors (Lipinski definition) is 3. The van der Waals surface area contributed by atoms with Crippen molar-refractivity contribution in [1.29, 1.82) is 0 Å². The molecule has 5 heteroatoms. The molecule has 0 heterocycles. The Bertz CT molecular complexity index is 738. The highest BCUT2D eigenvalue weighted by molar-refractivity contribution is 5.91. The van der Waals surface area contributed by atoms with E-state index < -0.39 is 12.1 Å². The molecule has 0 radical (unpaired) electrons. The SMILES string of the molecule is C/C(=C\CCOC(=O)Nc1ccccc1-c1ccccc1)C(=O)O. The molecule has 0 spiro atoms. The summed E-state index contributed by atoms with van der Waals surface area (Å²) < 4.78 is 5.08. The van der Waals surface area contributed by atoms with Crippen molar-refractivity contribution in [2.75, 3.05) is 11.9 Å². The molecule has 0 bridgehead atoms. The molecule has 0 saturated heterocycles. The van der Waals surface area contributed by atoms with Crippen molar-refractivity contribution in [3.8, 4) is 11.1 Å². The second kappa shape index (κ2) is 8.53. The maximum atomic E-state index is 11.9. The fraction of sp³-hybridized carbons (Fsp3) is 0.158. The number of carbonyl (C=O) groups is 2. The summed E-state index contributed by atoms with van der Waals surface area (Å²) in [6.07, 6.45) is 1.30. The molecule has 0 atom stereocenters. The lowest BCUT2D eigenvalue weighted by Gasteiger charge is -2.11. The van der Waals surface area contributed by atoms with Crippen LogP contribution in [0.15, 0.2) is 66.2 Å². The van der Waals surface area contributed by atoms with Crippen LogP contribution in [0.3, 0.4) is 0 Å². The number of carboxylic acids is 1. The van der Waals surface area contributed by atoms with E-state index in [4.69, 9.17) is 9.84 Å². The van der Waals surface area contributed by atoms with Crippen LogP contribution in [0.2, 0.25) is 0 Å². The third-order valence-electron chi connectivity index (χ3n) is 3.39. The van der Waals surface area contributed by atoms with Gasteiger partial charge in [0.2, 0.25) is 0 Å². The molecule has 0 unspecified atom stereocenters. The molecule has 1 amide bonds. The Hall–Kier alpha value is -3.08. The molecule has 0 aliphatic heterocycles. The summed E-state index contributed by atoms with van der Waals surface area (Å²) in [6.45, 7) is 1.61. The minimum absolute atomic E-state index is 0.115. The number of benzene rings is 2. The van der Waals surface area contributed by atoms with Crippen LogP contribution in [0.25, 0.3) is 11.1 Å². The first-order chi connectivity index (χ1) is 11.6. The number of nitrogens with one attached hydrogen (secondary N) is 1. The van der Waals surface area contributed by atoms with Gasteiger partial charge in [-0.15, -0.1) is 0 Å². The molecule has 5 nitrogen and oxygen atoms in total. The molecule has 0 aromatic heterocycles. The van der Waals surface area contributed by atoms with Crippen LogP contribution >= 0.6 is 0 Å². The van der Waals surface area contributed by atoms with Crippen molar-refractivity contribution >= 4 is 17.7 Å². The molecule has 24 heavy (non-hydrogen) atoms. The number of anilines is 1. The highest BCUT2D eigenvalue weighted by atomic mass is 16.5. The standard InChI is InChI=1S/C19H19NO4/c1-14(18(21)22)8-7-13-24-19(23)20-17-12-6-5-11-16(17)15-9-3-2-4-10-15/h2-6,8-12H,7,13H2,1H3,(H,20,23)(H,21,22)/b14-8+. The Morgan fingerprint density at radius 2 is 1.75 bits per heavy atom. The van der Waals surface area contributed by atoms with Crippen molar-refractivity contribution in [3.05, 3.63) is 66.2 Å². The van der Waals surface area contributed by atoms with Crippen LogP contribution in [-0.4, -0.2) is 23.8 Å². The summed E-state index contributed by atoms with van der Waals surface area (Å²) in [7, 11) is 0. The topological polar surface area (TPSA) is 75.6 Å². The normalized spacial score (nSPS) is 11.0. The molecular formula is C19H19NO4. The molecule has 0 saturated carbocycles. The number of hydrogen-bond donors (Lipinski definition) is 2. The Labute approximate surface area is 140 Å². The van der Waals surface area contributed by atoms with Crippen LogP contribution < -0.4 is 5.32 Å². The summed E-state index contributed by atoms with van der Waals surface area (Å²) in [6, 6.07) is 17.2. The fourth-order valence-electron chi connectivity index (χ4n) is 2.12. The van der Waals surface area contributed by atoms with Gasteiger partial charge in [-0.05, 0) is 18.6 Å². The highest BCUT2D eigenvalue weighted by Gasteiger charge is 2.08. The van der Waals surface area contributed by atoms with Crippen molar-refractivity contribution in [1.82, 2.24) is 0 Å². The average Bonchev–Trinajstić information content (AvgIpc) is 2.59. The summed E-state index contributed by atoms with van der Waals surface area (Å²) in [5.74, 6) is -0.976. The quantitative estimate of drug-likeness (QED) is 0.612. The van der Waals surface area contributed by atoms with Crippen LogP contribution in [0, 0.1) is 0 Å². The van der Waals surface area contributed by atoms with Gasteiger partial charge in [-0.1, -0.05) is 54.6 Å². The predicted molar refractivity (Wildman–Crippen MR) is 92.9 cm³/mol. The molecule has 0 aliphatic rings. The first-order valence-corrected chi connectivity index (χ1v) is 7.56. The molecule has 2 rings (SSSR count). The zero-order chi connectivity index (χ0) is 17.4. The smallest absolute Gasteiger partial charge is 0.411 e. The third kappa shape index (κ3) is 4.98. The van der Waals surface area contributed by atoms with Gasteiger partial charge in [0, 0.05) is 17.6 Å². The lowest BCUT2D eigenvalue weighted by Crippen LogP contribution is -2.14. The highest BCUT2D eigenvalue weighted by Crippen LogP contribution is 2.27. The van der Waals surface area contributed by atoms with E-state index in [-0.39, 0.29) is 12.2 Å². The summed E-state index contributed by atoms with van der Waals surface area (Å²) in [5, 5.41) is 11.5. The van der Waals surface area contributed by atoms with Crippen molar-refractivity contribution < 1.29 is 19.4 Å². The van der Waals surface area contributed by atoms with Gasteiger partial charge >= 0.3 is 12.1 Å². The Balaban J connectivity index is 1.96. The van der Waals surface area contributed by atoms with E-state index in [2.05, 4.69) is 5.32 Å². The monoisotopic (exact) mass is 325 g/mol. The molecule has 0 fully saturated rings. The van der Waals surface area contributed by atoms with Gasteiger partial charge in [-0.3, -0.25) is 5.32 Å². The predicted octanol–water partition coefficient (Wildman–Crippen LogP) is 4.32. The number of rotatable bonds is 6. The first kappa shape index (κ1) is 17.3. The fourth-order valence-corrected chi connectivity index (χ4v) is 2.12. The number of aliphatic carboxylic acids is 1. The Morgan fingerprint density at radius 1 is 1.08 bits per heavy atom. The number of para-hydroxylation sites is 1. The van der Waals surface area contributed by atoms with Gasteiger partial charge in [0.1, 0.15) is 0 Å². The summed E-state index contributed by atoms with van der Waals surface area (Å²) >= 11 is 0. The third-order valence-corrected chi connectivity index (χ3v) is 3.39. The van der Waals surface area contributed by atoms with Gasteiger partial charge < -0.3 is 9.84 Å². The van der Waals surface area contributed by atoms with E-state index >= 15 is 0 Å². The number of ether oxygens (including phenoxy) is 1. The van der Waals surface area contributed by atoms with Crippen molar-refractivity contribution in [2.24, 2.45) is 0 Å². The molecule has 124 valence electrons. The Kier molecular flexibility index (Phi) is 6.14. The van der Waals surface area contributed by atoms with Gasteiger partial charge in [0.05, 0.1) is 12.3 Å². The minimum Gasteiger partial charge on any atom is -0.478 e. The lowest BCUT2D eigenvalue weighted by molar-refractivity contribution is -0.132. The molecule has 2 N–H and O–H groups in total. The average molecular weight is 325 g/mol. The van der Waals surface area contributed by atoms with E-state index in [0.29, 0.717) is 12.1 Å². The van der Waals surface area contributed by atoms with Gasteiger partial charge in [-0.25, -0.2) is 9.59 Å². The minimum atomic E-state index is -0.976. The number of carbonyl (C=O) groups excluding carboxylic acids is 1. The summed E-state index contributed by atoms with van der Waals surface area (Å²) in [4.78, 5) is 22.6. The Morgan fingerprint density at radius 3 is 2.46 bits per heavy atom. The van der Waals surface area contributed by atoms with Crippen LogP contribution in [0.1, 0.15) is 13.3 Å². The first-order valence-electron chi connectivity index (χ1n) is 7.56. The number of carboxylic acid groups (broad SMARTS) is 1. The van der Waals surface area contributed by atoms with Gasteiger partial charge in [0.15, 0.2) is 0 Å². The second-order valence-electron chi connectivity index (χ2n) is 5.15. The lowest BCUT2D eigenvalue weighted by atomic mass is 10.0. The van der Waals surface area contributed by atoms with E-state index in [9.17, 15) is 9.59 Å². The van der Waals surface area contributed by atoms with Gasteiger partial charge in [-0.2, -0.15) is 0 Å². The van der Waals surface area contributed by atoms with Crippen molar-refractivity contribution in [3.63, 3.8) is 0 Å². The van der Waals surface area contributed by atoms with Gasteiger partial charge in [0.25, 0.3) is 0 Å². The van der Waals surface area contributed by atoms with E-state index in [1.165, 1.54) is 13.0 Å². The second-order valence-corrected chi connectivity index (χ2v) is 5.15. The molecule has 2 aromatic rings. The van der Waals surface area contributed by atoms with E-state index in [1.807, 2.05) is 48.5 Å². The van der Waals surface area contributed by atoms with Crippen LogP contribution in [-0.2, 0) is 9.53 Å². The van der Waals surface area contributed by atoms with Crippen LogP contribution in [0.5, 0.6) is 0 Å². The van der Waals surface area contributed by atoms with E-state index in [1.54, 1.807) is 6.07 Å². The zero-order valence-corrected chi connectivity index (χ0v) is 13.4. The molecular weight excluding hydrogens is 306 g/mol.